The van der Waals surface area contributed by atoms with Crippen molar-refractivity contribution in [2.45, 2.75) is 57.8 Å². The van der Waals surface area contributed by atoms with Crippen LogP contribution in [0, 0.1) is 5.92 Å². The number of carbonyl (C=O) groups is 2. The van der Waals surface area contributed by atoms with E-state index in [0.29, 0.717) is 13.0 Å². The molecule has 0 radical (unpaired) electrons. The van der Waals surface area contributed by atoms with E-state index in [-0.39, 0.29) is 43.5 Å². The molecule has 0 saturated carbocycles. The van der Waals surface area contributed by atoms with Gasteiger partial charge in [-0.05, 0) is 34.2 Å². The lowest BCUT2D eigenvalue weighted by Crippen LogP contribution is -2.47. The van der Waals surface area contributed by atoms with Crippen LogP contribution in [0.25, 0.3) is 11.1 Å². The minimum absolute atomic E-state index is 0.00138. The van der Waals surface area contributed by atoms with E-state index in [4.69, 9.17) is 19.3 Å². The normalized spacial score (nSPS) is 22.4. The third-order valence-corrected chi connectivity index (χ3v) is 8.45. The molecule has 3 aromatic carbocycles. The fourth-order valence-corrected chi connectivity index (χ4v) is 5.82. The first-order chi connectivity index (χ1) is 21.4. The largest absolute Gasteiger partial charge is 0.481 e. The van der Waals surface area contributed by atoms with Gasteiger partial charge in [-0.15, -0.1) is 0 Å². The van der Waals surface area contributed by atoms with Gasteiger partial charge in [0.05, 0.1) is 32.0 Å². The van der Waals surface area contributed by atoms with Gasteiger partial charge >= 0.3 is 5.97 Å². The summed E-state index contributed by atoms with van der Waals surface area (Å²) in [4.78, 5) is 25.4. The molecule has 2 heterocycles. The summed E-state index contributed by atoms with van der Waals surface area (Å²) in [6.45, 7) is 6.54. The molecule has 0 unspecified atom stereocenters. The van der Waals surface area contributed by atoms with Crippen LogP contribution in [0.3, 0.4) is 0 Å². The van der Waals surface area contributed by atoms with Gasteiger partial charge < -0.3 is 29.7 Å². The van der Waals surface area contributed by atoms with Gasteiger partial charge in [0.25, 0.3) is 0 Å². The van der Waals surface area contributed by atoms with Gasteiger partial charge in [-0.1, -0.05) is 79.7 Å². The number of aliphatic hydroxyl groups excluding tert-OH is 1. The molecule has 2 fully saturated rings. The van der Waals surface area contributed by atoms with E-state index < -0.39 is 12.3 Å². The number of nitrogens with one attached hydrogen (secondary N) is 1. The van der Waals surface area contributed by atoms with E-state index in [2.05, 4.69) is 29.3 Å². The van der Waals surface area contributed by atoms with Crippen molar-refractivity contribution in [3.8, 4) is 11.1 Å². The summed E-state index contributed by atoms with van der Waals surface area (Å²) in [5, 5.41) is 21.3. The summed E-state index contributed by atoms with van der Waals surface area (Å²) in [5.74, 6) is -0.950. The molecule has 2 saturated heterocycles. The maximum atomic E-state index is 12.2. The van der Waals surface area contributed by atoms with E-state index >= 15 is 0 Å². The summed E-state index contributed by atoms with van der Waals surface area (Å²) in [6, 6.07) is 24.1. The van der Waals surface area contributed by atoms with Crippen molar-refractivity contribution in [1.82, 2.24) is 10.2 Å². The molecule has 9 nitrogen and oxygen atoms in total. The Labute approximate surface area is 258 Å². The van der Waals surface area contributed by atoms with E-state index in [9.17, 15) is 14.7 Å². The number of aliphatic hydroxyl groups is 1. The van der Waals surface area contributed by atoms with E-state index in [1.807, 2.05) is 60.7 Å². The third-order valence-electron chi connectivity index (χ3n) is 8.45. The maximum absolute atomic E-state index is 12.2. The topological polar surface area (TPSA) is 118 Å². The highest BCUT2D eigenvalue weighted by Gasteiger charge is 2.39. The minimum atomic E-state index is -0.898. The molecule has 5 rings (SSSR count). The Bertz CT molecular complexity index is 1370. The summed E-state index contributed by atoms with van der Waals surface area (Å²) in [6.07, 6.45) is -0.289. The zero-order valence-corrected chi connectivity index (χ0v) is 25.2. The smallest absolute Gasteiger partial charge is 0.303 e. The quantitative estimate of drug-likeness (QED) is 0.270. The average molecular weight is 603 g/mol. The second-order valence-corrected chi connectivity index (χ2v) is 11.5. The van der Waals surface area contributed by atoms with Gasteiger partial charge in [-0.2, -0.15) is 0 Å². The number of benzene rings is 3. The predicted octanol–water partition coefficient (Wildman–Crippen LogP) is 4.84. The summed E-state index contributed by atoms with van der Waals surface area (Å²) in [5.41, 5.74) is 5.84. The molecule has 3 N–H and O–H groups in total. The first kappa shape index (κ1) is 31.8. The van der Waals surface area contributed by atoms with E-state index in [1.165, 1.54) is 0 Å². The molecule has 0 aromatic heterocycles. The van der Waals surface area contributed by atoms with Crippen LogP contribution in [0.1, 0.15) is 60.8 Å². The second kappa shape index (κ2) is 15.4. The highest BCUT2D eigenvalue weighted by Crippen LogP contribution is 2.42. The Morgan fingerprint density at radius 2 is 1.61 bits per heavy atom. The Kier molecular flexibility index (Phi) is 11.1. The molecule has 0 bridgehead atoms. The van der Waals surface area contributed by atoms with Crippen LogP contribution >= 0.6 is 0 Å². The van der Waals surface area contributed by atoms with Gasteiger partial charge in [0.2, 0.25) is 5.91 Å². The lowest BCUT2D eigenvalue weighted by atomic mass is 9.90. The SMILES string of the molecule is C[C@H]1[C@@H](CN2CCOCC2)O[C@@H](c2ccc(-c3ccccc3CNC(=O)CCCC(=O)O)cc2)O[C@H]1c1ccc(CO)cc1. The molecular formula is C35H42N2O7. The van der Waals surface area contributed by atoms with Crippen molar-refractivity contribution < 1.29 is 34.0 Å². The molecule has 2 aliphatic rings. The van der Waals surface area contributed by atoms with E-state index in [0.717, 1.165) is 66.2 Å². The van der Waals surface area contributed by atoms with Gasteiger partial charge in [0.1, 0.15) is 0 Å². The molecule has 1 amide bonds. The Balaban J connectivity index is 1.31. The number of hydrogen-bond donors (Lipinski definition) is 3. The first-order valence-corrected chi connectivity index (χ1v) is 15.4. The van der Waals surface area contributed by atoms with Gasteiger partial charge in [-0.3, -0.25) is 14.5 Å². The zero-order valence-electron chi connectivity index (χ0n) is 25.2. The van der Waals surface area contributed by atoms with Crippen LogP contribution in [-0.2, 0) is 37.0 Å². The monoisotopic (exact) mass is 602 g/mol. The Morgan fingerprint density at radius 1 is 0.909 bits per heavy atom. The minimum Gasteiger partial charge on any atom is -0.481 e. The van der Waals surface area contributed by atoms with Gasteiger partial charge in [0, 0.05) is 50.5 Å². The highest BCUT2D eigenvalue weighted by molar-refractivity contribution is 5.77. The van der Waals surface area contributed by atoms with Crippen molar-refractivity contribution in [3.05, 3.63) is 95.1 Å². The number of carbonyl (C=O) groups excluding carboxylic acids is 1. The summed E-state index contributed by atoms with van der Waals surface area (Å²) >= 11 is 0. The maximum Gasteiger partial charge on any atom is 0.303 e. The molecule has 3 aromatic rings. The molecule has 9 heteroatoms. The number of carboxylic acids is 1. The molecule has 0 aliphatic carbocycles. The van der Waals surface area contributed by atoms with Gasteiger partial charge in [-0.25, -0.2) is 0 Å². The summed E-state index contributed by atoms with van der Waals surface area (Å²) < 4.78 is 18.8. The zero-order chi connectivity index (χ0) is 30.9. The number of morpholine rings is 1. The molecule has 44 heavy (non-hydrogen) atoms. The molecular weight excluding hydrogens is 560 g/mol. The highest BCUT2D eigenvalue weighted by atomic mass is 16.7. The first-order valence-electron chi connectivity index (χ1n) is 15.4. The van der Waals surface area contributed by atoms with Crippen LogP contribution in [-0.4, -0.2) is 65.9 Å². The molecule has 4 atom stereocenters. The fourth-order valence-electron chi connectivity index (χ4n) is 5.82. The molecule has 234 valence electrons. The van der Waals surface area contributed by atoms with Crippen molar-refractivity contribution in [3.63, 3.8) is 0 Å². The Morgan fingerprint density at radius 3 is 2.32 bits per heavy atom. The molecule has 2 aliphatic heterocycles. The van der Waals surface area contributed by atoms with Crippen molar-refractivity contribution in [2.75, 3.05) is 32.8 Å². The summed E-state index contributed by atoms with van der Waals surface area (Å²) in [7, 11) is 0. The van der Waals surface area contributed by atoms with Crippen LogP contribution < -0.4 is 5.32 Å². The van der Waals surface area contributed by atoms with Crippen LogP contribution in [0.15, 0.2) is 72.8 Å². The van der Waals surface area contributed by atoms with Crippen molar-refractivity contribution in [2.24, 2.45) is 5.92 Å². The Hall–Kier alpha value is -3.60. The van der Waals surface area contributed by atoms with Crippen molar-refractivity contribution in [1.29, 1.82) is 0 Å². The number of hydrogen-bond acceptors (Lipinski definition) is 7. The number of ether oxygens (including phenoxy) is 3. The van der Waals surface area contributed by atoms with Crippen LogP contribution in [0.4, 0.5) is 0 Å². The van der Waals surface area contributed by atoms with Crippen LogP contribution in [0.5, 0.6) is 0 Å². The lowest BCUT2D eigenvalue weighted by Gasteiger charge is -2.43. The number of carboxylic acid groups (broad SMARTS) is 1. The number of nitrogens with zero attached hydrogens (tertiary/aromatic N) is 1. The molecule has 0 spiro atoms. The lowest BCUT2D eigenvalue weighted by molar-refractivity contribution is -0.277. The third kappa shape index (κ3) is 8.31. The van der Waals surface area contributed by atoms with Crippen molar-refractivity contribution >= 4 is 11.9 Å². The second-order valence-electron chi connectivity index (χ2n) is 11.5. The standard InChI is InChI=1S/C35H42N2O7/c1-24-31(22-37-17-19-42-20-18-37)43-35(44-34(24)27-11-9-25(23-38)10-12-27)28-15-13-26(14-16-28)30-6-3-2-5-29(30)21-36-32(39)7-4-8-33(40)41/h2-3,5-6,9-16,24,31,34-35,38H,4,7-8,17-23H2,1H3,(H,36,39)(H,40,41)/t24-,31+,34+,35+/m0/s1. The number of rotatable bonds is 12. The fraction of sp³-hybridized carbons (Fsp3) is 0.429. The van der Waals surface area contributed by atoms with E-state index in [1.54, 1.807) is 0 Å². The van der Waals surface area contributed by atoms with Gasteiger partial charge in [0.15, 0.2) is 6.29 Å². The van der Waals surface area contributed by atoms with Crippen LogP contribution in [0.2, 0.25) is 0 Å². The predicted molar refractivity (Wildman–Crippen MR) is 165 cm³/mol. The average Bonchev–Trinajstić information content (AvgIpc) is 3.05. The number of aliphatic carboxylic acids is 1. The number of amides is 1.